The van der Waals surface area contributed by atoms with Crippen LogP contribution in [-0.2, 0) is 0 Å². The van der Waals surface area contributed by atoms with Crippen molar-refractivity contribution in [3.8, 4) is 0 Å². The van der Waals surface area contributed by atoms with Crippen LogP contribution in [0.15, 0.2) is 0 Å². The molecular weight excluding hydrogens is 230 g/mol. The summed E-state index contributed by atoms with van der Waals surface area (Å²) in [6.07, 6.45) is 0. The highest BCUT2D eigenvalue weighted by molar-refractivity contribution is 7.77. The van der Waals surface area contributed by atoms with Gasteiger partial charge in [-0.05, 0) is 28.0 Å². The molecule has 0 N–H and O–H groups in total. The van der Waals surface area contributed by atoms with Gasteiger partial charge in [0.25, 0.3) is 0 Å². The first kappa shape index (κ1) is 16.9. The van der Waals surface area contributed by atoms with Crippen molar-refractivity contribution in [1.82, 2.24) is 0 Å². The molecule has 0 saturated heterocycles. The highest BCUT2D eigenvalue weighted by Gasteiger charge is 2.32. The number of rotatable bonds is 6. The summed E-state index contributed by atoms with van der Waals surface area (Å²) < 4.78 is 0. The molecule has 0 heterocycles. The Morgan fingerprint density at radius 1 is 0.438 bits per heavy atom. The molecule has 0 aromatic carbocycles. The number of hydrogen-bond donors (Lipinski definition) is 0. The molecule has 0 aliphatic heterocycles. The Balaban J connectivity index is 4.88. The van der Waals surface area contributed by atoms with Crippen molar-refractivity contribution in [1.29, 1.82) is 0 Å². The van der Waals surface area contributed by atoms with Crippen molar-refractivity contribution < 1.29 is 0 Å². The molecule has 0 aromatic rings. The highest BCUT2D eigenvalue weighted by Crippen LogP contribution is 2.66. The summed E-state index contributed by atoms with van der Waals surface area (Å²) >= 11 is 0. The maximum absolute atomic E-state index is 2.54. The summed E-state index contributed by atoms with van der Waals surface area (Å²) in [6, 6.07) is 0. The van der Waals surface area contributed by atoms with E-state index in [1.807, 2.05) is 0 Å². The van der Waals surface area contributed by atoms with Gasteiger partial charge in [0.1, 0.15) is 0 Å². The molecular formula is C14H32P2. The summed E-state index contributed by atoms with van der Waals surface area (Å²) in [7, 11) is 0.369. The smallest absolute Gasteiger partial charge is 0.00250 e. The van der Waals surface area contributed by atoms with Gasteiger partial charge in [-0.15, -0.1) is 0 Å². The fraction of sp³-hybridized carbons (Fsp3) is 1.00. The second kappa shape index (κ2) is 7.33. The Kier molecular flexibility index (Phi) is 7.72. The molecule has 16 heavy (non-hydrogen) atoms. The largest absolute Gasteiger partial charge is 0.0941 e. The Labute approximate surface area is 106 Å². The predicted molar refractivity (Wildman–Crippen MR) is 83.8 cm³/mol. The first-order chi connectivity index (χ1) is 7.20. The van der Waals surface area contributed by atoms with Crippen LogP contribution in [0.3, 0.4) is 0 Å². The lowest BCUT2D eigenvalue weighted by molar-refractivity contribution is 0.960. The molecule has 0 rings (SSSR count). The lowest BCUT2D eigenvalue weighted by Crippen LogP contribution is -2.19. The van der Waals surface area contributed by atoms with E-state index in [9.17, 15) is 0 Å². The van der Waals surface area contributed by atoms with Crippen molar-refractivity contribution in [3.63, 3.8) is 0 Å². The third-order valence-electron chi connectivity index (χ3n) is 3.25. The molecule has 0 spiro atoms. The molecule has 0 atom stereocenters. The van der Waals surface area contributed by atoms with Gasteiger partial charge >= 0.3 is 0 Å². The minimum atomic E-state index is 0.185. The van der Waals surface area contributed by atoms with Gasteiger partial charge < -0.3 is 0 Å². The van der Waals surface area contributed by atoms with E-state index >= 15 is 0 Å². The van der Waals surface area contributed by atoms with Gasteiger partial charge in [-0.1, -0.05) is 78.2 Å². The number of hydrogen-bond acceptors (Lipinski definition) is 0. The van der Waals surface area contributed by atoms with E-state index in [1.54, 1.807) is 0 Å². The van der Waals surface area contributed by atoms with E-state index in [1.165, 1.54) is 0 Å². The Hall–Kier alpha value is 0.860. The van der Waals surface area contributed by atoms with Gasteiger partial charge in [0.2, 0.25) is 0 Å². The van der Waals surface area contributed by atoms with Crippen LogP contribution in [-0.4, -0.2) is 28.0 Å². The van der Waals surface area contributed by atoms with Crippen LogP contribution in [0.5, 0.6) is 0 Å². The van der Waals surface area contributed by atoms with Crippen LogP contribution in [0.25, 0.3) is 0 Å². The van der Waals surface area contributed by atoms with E-state index in [2.05, 4.69) is 62.3 Å². The molecule has 0 saturated carbocycles. The van der Waals surface area contributed by atoms with Crippen LogP contribution in [0.4, 0.5) is 0 Å². The molecule has 98 valence electrons. The molecule has 0 bridgehead atoms. The van der Waals surface area contributed by atoms with Crippen molar-refractivity contribution in [3.05, 3.63) is 0 Å². The summed E-state index contributed by atoms with van der Waals surface area (Å²) in [6.45, 7) is 22.0. The zero-order valence-electron chi connectivity index (χ0n) is 12.8. The quantitative estimate of drug-likeness (QED) is 0.520. The van der Waals surface area contributed by atoms with Crippen LogP contribution < -0.4 is 0 Å². The molecule has 0 amide bonds. The van der Waals surface area contributed by atoms with Gasteiger partial charge in [-0.25, -0.2) is 0 Å². The van der Waals surface area contributed by atoms with Crippen molar-refractivity contribution in [2.75, 3.05) is 0 Å². The topological polar surface area (TPSA) is 0 Å². The lowest BCUT2D eigenvalue weighted by atomic mass is 10.5. The fourth-order valence-electron chi connectivity index (χ4n) is 3.07. The highest BCUT2D eigenvalue weighted by atomic mass is 31.2. The van der Waals surface area contributed by atoms with Gasteiger partial charge in [-0.2, -0.15) is 0 Å². The molecule has 0 radical (unpaired) electrons. The van der Waals surface area contributed by atoms with E-state index in [0.717, 1.165) is 28.0 Å². The summed E-state index contributed by atoms with van der Waals surface area (Å²) in [4.78, 5) is 0. The zero-order valence-corrected chi connectivity index (χ0v) is 14.6. The third-order valence-corrected chi connectivity index (χ3v) is 11.3. The average molecular weight is 262 g/mol. The van der Waals surface area contributed by atoms with Crippen LogP contribution in [0.2, 0.25) is 0 Å². The van der Waals surface area contributed by atoms with Gasteiger partial charge in [-0.3, -0.25) is 0 Å². The molecule has 0 aromatic heterocycles. The maximum Gasteiger partial charge on any atom is -0.00250 e. The predicted octanol–water partition coefficient (Wildman–Crippen LogP) is 5.93. The third kappa shape index (κ3) is 4.62. The monoisotopic (exact) mass is 262 g/mol. The molecule has 0 fully saturated rings. The van der Waals surface area contributed by atoms with Gasteiger partial charge in [0.05, 0.1) is 0 Å². The second-order valence-electron chi connectivity index (χ2n) is 5.90. The van der Waals surface area contributed by atoms with E-state index in [0.29, 0.717) is 0 Å². The zero-order chi connectivity index (χ0) is 13.0. The van der Waals surface area contributed by atoms with Crippen molar-refractivity contribution >= 4 is 15.8 Å². The summed E-state index contributed by atoms with van der Waals surface area (Å²) in [5, 5.41) is 0.963. The Morgan fingerprint density at radius 3 is 0.750 bits per heavy atom. The maximum atomic E-state index is 2.54. The van der Waals surface area contributed by atoms with Crippen molar-refractivity contribution in [2.45, 2.75) is 90.3 Å². The Bertz CT molecular complexity index is 149. The van der Waals surface area contributed by atoms with Gasteiger partial charge in [0.15, 0.2) is 0 Å². The second-order valence-corrected chi connectivity index (χ2v) is 13.8. The van der Waals surface area contributed by atoms with E-state index in [4.69, 9.17) is 0 Å². The molecule has 0 nitrogen and oxygen atoms in total. The van der Waals surface area contributed by atoms with Gasteiger partial charge in [0, 0.05) is 0 Å². The molecule has 0 unspecified atom stereocenters. The summed E-state index contributed by atoms with van der Waals surface area (Å²) in [5.41, 5.74) is 3.53. The standard InChI is InChI=1S/C14H32P2/c1-10(2)15(11(3)4)14(9)16(12(5)6)13(7)8/h10-14H,1-9H3. The van der Waals surface area contributed by atoms with E-state index in [-0.39, 0.29) is 15.8 Å². The normalized spacial score (nSPS) is 13.5. The minimum absolute atomic E-state index is 0.185. The average Bonchev–Trinajstić information content (AvgIpc) is 1.99. The van der Waals surface area contributed by atoms with Crippen LogP contribution in [0, 0.1) is 0 Å². The first-order valence-corrected chi connectivity index (χ1v) is 9.84. The van der Waals surface area contributed by atoms with Crippen LogP contribution in [0.1, 0.15) is 62.3 Å². The van der Waals surface area contributed by atoms with Crippen LogP contribution >= 0.6 is 15.8 Å². The molecule has 2 heteroatoms. The molecule has 0 aliphatic carbocycles. The first-order valence-electron chi connectivity index (χ1n) is 6.75. The Morgan fingerprint density at radius 2 is 0.625 bits per heavy atom. The van der Waals surface area contributed by atoms with Crippen molar-refractivity contribution in [2.24, 2.45) is 0 Å². The minimum Gasteiger partial charge on any atom is -0.0941 e. The fourth-order valence-corrected chi connectivity index (χ4v) is 13.3. The SMILES string of the molecule is CC(C)P(C(C)C)C(C)P(C(C)C)C(C)C. The summed E-state index contributed by atoms with van der Waals surface area (Å²) in [5.74, 6) is 0. The van der Waals surface area contributed by atoms with E-state index < -0.39 is 0 Å². The molecule has 0 aliphatic rings. The lowest BCUT2D eigenvalue weighted by Gasteiger charge is -2.41.